The fourth-order valence-electron chi connectivity index (χ4n) is 0.794. The van der Waals surface area contributed by atoms with Crippen LogP contribution in [0.5, 0.6) is 5.75 Å². The second kappa shape index (κ2) is 4.80. The summed E-state index contributed by atoms with van der Waals surface area (Å²) in [6.45, 7) is 0.0483. The zero-order valence-corrected chi connectivity index (χ0v) is 7.08. The summed E-state index contributed by atoms with van der Waals surface area (Å²) < 4.78 is 9.18. The van der Waals surface area contributed by atoms with Crippen LogP contribution in [-0.2, 0) is 9.53 Å². The van der Waals surface area contributed by atoms with E-state index in [-0.39, 0.29) is 19.0 Å². The number of hydrogen-bond acceptors (Lipinski definition) is 5. The maximum absolute atomic E-state index is 10.3. The van der Waals surface area contributed by atoms with Gasteiger partial charge in [-0.05, 0) is 12.1 Å². The van der Waals surface area contributed by atoms with Crippen molar-refractivity contribution >= 4 is 12.2 Å². The van der Waals surface area contributed by atoms with E-state index in [4.69, 9.17) is 4.74 Å². The van der Waals surface area contributed by atoms with E-state index >= 15 is 0 Å². The molecule has 0 radical (unpaired) electrons. The highest BCUT2D eigenvalue weighted by atomic mass is 16.7. The van der Waals surface area contributed by atoms with Crippen LogP contribution in [0, 0.1) is 10.1 Å². The maximum Gasteiger partial charge on any atom is 0.295 e. The smallest absolute Gasteiger partial charge is 0.295 e. The number of nitro groups is 1. The molecule has 0 aliphatic carbocycles. The predicted octanol–water partition coefficient (Wildman–Crippen LogP) is 1.10. The first-order valence-corrected chi connectivity index (χ1v) is 3.66. The normalized spacial score (nSPS) is 9.14. The van der Waals surface area contributed by atoms with E-state index in [2.05, 4.69) is 4.74 Å². The van der Waals surface area contributed by atoms with Gasteiger partial charge in [-0.3, -0.25) is 14.9 Å². The average Bonchev–Trinajstić information content (AvgIpc) is 2.19. The Morgan fingerprint density at radius 3 is 2.50 bits per heavy atom. The molecule has 0 amide bonds. The molecule has 74 valence electrons. The van der Waals surface area contributed by atoms with Crippen LogP contribution in [0.4, 0.5) is 5.69 Å². The van der Waals surface area contributed by atoms with Gasteiger partial charge in [-0.15, -0.1) is 0 Å². The Morgan fingerprint density at radius 1 is 1.36 bits per heavy atom. The summed E-state index contributed by atoms with van der Waals surface area (Å²) in [5.41, 5.74) is -0.0198. The first-order valence-electron chi connectivity index (χ1n) is 3.66. The average molecular weight is 197 g/mol. The van der Waals surface area contributed by atoms with E-state index in [0.29, 0.717) is 5.75 Å². The predicted molar refractivity (Wildman–Crippen MR) is 45.7 cm³/mol. The molecule has 0 atom stereocenters. The van der Waals surface area contributed by atoms with Crippen LogP contribution in [0.2, 0.25) is 0 Å². The largest absolute Gasteiger partial charge is 0.457 e. The topological polar surface area (TPSA) is 78.7 Å². The van der Waals surface area contributed by atoms with Crippen molar-refractivity contribution in [3.8, 4) is 5.75 Å². The van der Waals surface area contributed by atoms with Crippen LogP contribution in [-0.4, -0.2) is 18.2 Å². The van der Waals surface area contributed by atoms with Gasteiger partial charge in [-0.2, -0.15) is 0 Å². The number of benzene rings is 1. The van der Waals surface area contributed by atoms with Crippen molar-refractivity contribution in [3.63, 3.8) is 0 Å². The second-order valence-electron chi connectivity index (χ2n) is 2.28. The van der Waals surface area contributed by atoms with Crippen LogP contribution < -0.4 is 4.74 Å². The van der Waals surface area contributed by atoms with E-state index in [1.165, 1.54) is 24.3 Å². The molecule has 0 fully saturated rings. The summed E-state index contributed by atoms with van der Waals surface area (Å²) in [7, 11) is 0. The third kappa shape index (κ3) is 2.74. The van der Waals surface area contributed by atoms with Crippen molar-refractivity contribution < 1.29 is 19.2 Å². The molecule has 6 heteroatoms. The molecule has 0 aliphatic heterocycles. The van der Waals surface area contributed by atoms with E-state index in [9.17, 15) is 14.9 Å². The van der Waals surface area contributed by atoms with Crippen molar-refractivity contribution in [3.05, 3.63) is 34.4 Å². The minimum absolute atomic E-state index is 0.0198. The summed E-state index contributed by atoms with van der Waals surface area (Å²) in [5.74, 6) is 0.400. The van der Waals surface area contributed by atoms with Crippen LogP contribution in [0.3, 0.4) is 0 Å². The van der Waals surface area contributed by atoms with Gasteiger partial charge in [0.2, 0.25) is 6.79 Å². The Kier molecular flexibility index (Phi) is 3.42. The van der Waals surface area contributed by atoms with E-state index in [1.54, 1.807) is 0 Å². The highest BCUT2D eigenvalue weighted by Gasteiger charge is 2.03. The molecule has 1 aromatic rings. The number of nitrogens with zero attached hydrogens (tertiary/aromatic N) is 1. The van der Waals surface area contributed by atoms with Crippen LogP contribution in [0.1, 0.15) is 0 Å². The molecule has 0 unspecified atom stereocenters. The lowest BCUT2D eigenvalue weighted by molar-refractivity contribution is -0.384. The minimum atomic E-state index is -0.508. The highest BCUT2D eigenvalue weighted by molar-refractivity contribution is 5.37. The zero-order chi connectivity index (χ0) is 10.4. The quantitative estimate of drug-likeness (QED) is 0.232. The SMILES string of the molecule is O=COCOc1ccc([N+](=O)[O-])cc1. The molecule has 0 saturated heterocycles. The van der Waals surface area contributed by atoms with Crippen molar-refractivity contribution in [2.45, 2.75) is 0 Å². The molecule has 0 heterocycles. The fourth-order valence-corrected chi connectivity index (χ4v) is 0.794. The first-order chi connectivity index (χ1) is 6.74. The zero-order valence-electron chi connectivity index (χ0n) is 7.08. The van der Waals surface area contributed by atoms with Gasteiger partial charge in [-0.25, -0.2) is 0 Å². The third-order valence-electron chi connectivity index (χ3n) is 1.41. The Bertz CT molecular complexity index is 321. The number of rotatable bonds is 5. The van der Waals surface area contributed by atoms with Gasteiger partial charge < -0.3 is 9.47 Å². The molecule has 6 nitrogen and oxygen atoms in total. The van der Waals surface area contributed by atoms with Crippen LogP contribution >= 0.6 is 0 Å². The van der Waals surface area contributed by atoms with E-state index in [1.807, 2.05) is 0 Å². The van der Waals surface area contributed by atoms with Gasteiger partial charge in [0.05, 0.1) is 4.92 Å². The third-order valence-corrected chi connectivity index (χ3v) is 1.41. The van der Waals surface area contributed by atoms with Gasteiger partial charge in [0, 0.05) is 12.1 Å². The number of carbonyl (C=O) groups is 1. The molecule has 0 aliphatic rings. The first kappa shape index (κ1) is 9.97. The molecule has 0 N–H and O–H groups in total. The van der Waals surface area contributed by atoms with Crippen molar-refractivity contribution in [2.75, 3.05) is 6.79 Å². The van der Waals surface area contributed by atoms with Gasteiger partial charge in [0.25, 0.3) is 12.2 Å². The lowest BCUT2D eigenvalue weighted by Gasteiger charge is -2.02. The fraction of sp³-hybridized carbons (Fsp3) is 0.125. The van der Waals surface area contributed by atoms with Gasteiger partial charge in [0.15, 0.2) is 0 Å². The number of non-ortho nitro benzene ring substituents is 1. The van der Waals surface area contributed by atoms with Gasteiger partial charge in [-0.1, -0.05) is 0 Å². The molecule has 1 aromatic carbocycles. The lowest BCUT2D eigenvalue weighted by Crippen LogP contribution is -2.00. The highest BCUT2D eigenvalue weighted by Crippen LogP contribution is 2.16. The number of ether oxygens (including phenoxy) is 2. The molecule has 0 bridgehead atoms. The van der Waals surface area contributed by atoms with Crippen molar-refractivity contribution in [1.82, 2.24) is 0 Å². The Labute approximate surface area is 79.2 Å². The summed E-state index contributed by atoms with van der Waals surface area (Å²) in [6.07, 6.45) is 0. The maximum atomic E-state index is 10.3. The van der Waals surface area contributed by atoms with Crippen LogP contribution in [0.15, 0.2) is 24.3 Å². The molecule has 14 heavy (non-hydrogen) atoms. The molecular formula is C8H7NO5. The summed E-state index contributed by atoms with van der Waals surface area (Å²) >= 11 is 0. The number of hydrogen-bond donors (Lipinski definition) is 0. The monoisotopic (exact) mass is 197 g/mol. The number of carbonyl (C=O) groups excluding carboxylic acids is 1. The number of nitro benzene ring substituents is 1. The minimum Gasteiger partial charge on any atom is -0.457 e. The standard InChI is InChI=1S/C8H7NO5/c10-5-13-6-14-8-3-1-7(2-4-8)9(11)12/h1-5H,6H2. The molecule has 0 saturated carbocycles. The van der Waals surface area contributed by atoms with Gasteiger partial charge in [0.1, 0.15) is 5.75 Å². The lowest BCUT2D eigenvalue weighted by atomic mass is 10.3. The molecule has 0 spiro atoms. The summed E-state index contributed by atoms with van der Waals surface area (Å²) in [6, 6.07) is 5.45. The van der Waals surface area contributed by atoms with E-state index in [0.717, 1.165) is 0 Å². The molecular weight excluding hydrogens is 190 g/mol. The Morgan fingerprint density at radius 2 is 2.00 bits per heavy atom. The molecule has 1 rings (SSSR count). The summed E-state index contributed by atoms with van der Waals surface area (Å²) in [4.78, 5) is 19.5. The van der Waals surface area contributed by atoms with Crippen molar-refractivity contribution in [1.29, 1.82) is 0 Å². The van der Waals surface area contributed by atoms with Crippen molar-refractivity contribution in [2.24, 2.45) is 0 Å². The van der Waals surface area contributed by atoms with E-state index < -0.39 is 4.92 Å². The second-order valence-corrected chi connectivity index (χ2v) is 2.28. The Hall–Kier alpha value is -2.11. The Balaban J connectivity index is 2.55. The summed E-state index contributed by atoms with van der Waals surface area (Å²) in [5, 5.41) is 10.3. The molecule has 0 aromatic heterocycles. The van der Waals surface area contributed by atoms with Gasteiger partial charge >= 0.3 is 0 Å². The van der Waals surface area contributed by atoms with Crippen LogP contribution in [0.25, 0.3) is 0 Å².